The second kappa shape index (κ2) is 11.7. The van der Waals surface area contributed by atoms with Crippen LogP contribution in [0.4, 0.5) is 0 Å². The Hall–Kier alpha value is -3.50. The van der Waals surface area contributed by atoms with Gasteiger partial charge in [0.2, 0.25) is 0 Å². The molecular weight excluding hydrogens is 480 g/mol. The first-order valence-corrected chi connectivity index (χ1v) is 13.5. The van der Waals surface area contributed by atoms with Gasteiger partial charge >= 0.3 is 0 Å². The molecule has 2 aromatic heterocycles. The van der Waals surface area contributed by atoms with Crippen molar-refractivity contribution in [2.75, 3.05) is 7.11 Å². The van der Waals surface area contributed by atoms with Crippen LogP contribution in [0.15, 0.2) is 79.1 Å². The maximum atomic E-state index is 7.00. The topological polar surface area (TPSA) is 55.2 Å². The van der Waals surface area contributed by atoms with Crippen molar-refractivity contribution in [3.05, 3.63) is 95.8 Å². The summed E-state index contributed by atoms with van der Waals surface area (Å²) >= 11 is 0. The van der Waals surface area contributed by atoms with Crippen molar-refractivity contribution >= 4 is 0 Å². The minimum absolute atomic E-state index is 0.0328. The molecule has 0 aliphatic heterocycles. The Kier molecular flexibility index (Phi) is 9.02. The van der Waals surface area contributed by atoms with Gasteiger partial charge in [-0.2, -0.15) is 0 Å². The van der Waals surface area contributed by atoms with Crippen LogP contribution < -0.4 is 4.74 Å². The first kappa shape index (κ1) is 30.0. The fourth-order valence-corrected chi connectivity index (χ4v) is 4.20. The lowest BCUT2D eigenvalue weighted by Gasteiger charge is -2.22. The summed E-state index contributed by atoms with van der Waals surface area (Å²) in [5.41, 5.74) is 7.82. The molecule has 1 N–H and O–H groups in total. The SMILES string of the molecule is CC(C)(C)c1cc(Oc2cccc(-c3cc(C(C)(C)C)ccn3)c2)cc(-c2cc(C(C)(C)C)ccn2)c1.CO. The molecule has 0 atom stereocenters. The highest BCUT2D eigenvalue weighted by Crippen LogP contribution is 2.36. The molecule has 0 fully saturated rings. The van der Waals surface area contributed by atoms with Crippen LogP contribution in [0.1, 0.15) is 79.0 Å². The van der Waals surface area contributed by atoms with Gasteiger partial charge in [-0.1, -0.05) is 74.4 Å². The van der Waals surface area contributed by atoms with Crippen LogP contribution in [0.25, 0.3) is 22.5 Å². The molecule has 4 rings (SSSR count). The molecule has 4 nitrogen and oxygen atoms in total. The maximum Gasteiger partial charge on any atom is 0.128 e. The first-order chi connectivity index (χ1) is 18.2. The standard InChI is InChI=1S/C34H40N2O.CH4O/c1-32(2,3)25-13-15-35-30(21-25)23-11-10-12-28(18-23)37-29-19-24(17-27(20-29)34(7,8)9)31-22-26(14-16-36-31)33(4,5)6;1-2/h10-22H,1-9H3;2H,1H3. The van der Waals surface area contributed by atoms with Gasteiger partial charge < -0.3 is 9.84 Å². The first-order valence-electron chi connectivity index (χ1n) is 13.5. The zero-order valence-electron chi connectivity index (χ0n) is 25.3. The molecule has 2 aromatic carbocycles. The van der Waals surface area contributed by atoms with Crippen molar-refractivity contribution in [1.82, 2.24) is 9.97 Å². The van der Waals surface area contributed by atoms with Crippen molar-refractivity contribution in [2.45, 2.75) is 78.6 Å². The summed E-state index contributed by atoms with van der Waals surface area (Å²) in [7, 11) is 1.00. The van der Waals surface area contributed by atoms with E-state index in [1.165, 1.54) is 16.7 Å². The molecule has 0 aliphatic rings. The van der Waals surface area contributed by atoms with E-state index in [2.05, 4.69) is 122 Å². The largest absolute Gasteiger partial charge is 0.457 e. The van der Waals surface area contributed by atoms with Crippen LogP contribution in [-0.4, -0.2) is 22.2 Å². The van der Waals surface area contributed by atoms with Gasteiger partial charge in [0, 0.05) is 30.6 Å². The second-order valence-electron chi connectivity index (χ2n) is 13.0. The van der Waals surface area contributed by atoms with Crippen LogP contribution in [0.3, 0.4) is 0 Å². The van der Waals surface area contributed by atoms with Gasteiger partial charge in [0.15, 0.2) is 0 Å². The molecule has 0 unspecified atom stereocenters. The number of hydrogen-bond acceptors (Lipinski definition) is 4. The summed E-state index contributed by atoms with van der Waals surface area (Å²) < 4.78 is 6.48. The Morgan fingerprint density at radius 1 is 0.513 bits per heavy atom. The lowest BCUT2D eigenvalue weighted by atomic mass is 9.84. The van der Waals surface area contributed by atoms with E-state index in [-0.39, 0.29) is 16.2 Å². The molecule has 0 radical (unpaired) electrons. The number of aromatic nitrogens is 2. The molecule has 206 valence electrons. The molecule has 0 saturated carbocycles. The highest BCUT2D eigenvalue weighted by atomic mass is 16.5. The lowest BCUT2D eigenvalue weighted by Crippen LogP contribution is -2.12. The van der Waals surface area contributed by atoms with Crippen LogP contribution in [-0.2, 0) is 16.2 Å². The zero-order valence-corrected chi connectivity index (χ0v) is 25.3. The molecule has 4 heteroatoms. The summed E-state index contributed by atoms with van der Waals surface area (Å²) in [6, 6.07) is 23.2. The molecule has 0 amide bonds. The summed E-state index contributed by atoms with van der Waals surface area (Å²) in [5, 5.41) is 7.00. The van der Waals surface area contributed by atoms with Crippen molar-refractivity contribution in [1.29, 1.82) is 0 Å². The lowest BCUT2D eigenvalue weighted by molar-refractivity contribution is 0.399. The fourth-order valence-electron chi connectivity index (χ4n) is 4.20. The summed E-state index contributed by atoms with van der Waals surface area (Å²) in [4.78, 5) is 9.35. The van der Waals surface area contributed by atoms with Gasteiger partial charge in [0.25, 0.3) is 0 Å². The van der Waals surface area contributed by atoms with Gasteiger partial charge in [0.05, 0.1) is 11.4 Å². The zero-order chi connectivity index (χ0) is 29.0. The Balaban J connectivity index is 0.00000205. The number of aliphatic hydroxyl groups excluding tert-OH is 1. The van der Waals surface area contributed by atoms with Gasteiger partial charge in [-0.3, -0.25) is 9.97 Å². The second-order valence-corrected chi connectivity index (χ2v) is 13.0. The molecule has 0 saturated heterocycles. The minimum Gasteiger partial charge on any atom is -0.457 e. The molecule has 4 aromatic rings. The van der Waals surface area contributed by atoms with Gasteiger partial charge in [-0.15, -0.1) is 0 Å². The van der Waals surface area contributed by atoms with Crippen molar-refractivity contribution in [2.24, 2.45) is 0 Å². The third-order valence-corrected chi connectivity index (χ3v) is 6.69. The Labute approximate surface area is 235 Å². The number of pyridine rings is 2. The number of aliphatic hydroxyl groups is 1. The quantitative estimate of drug-likeness (QED) is 0.289. The van der Waals surface area contributed by atoms with Crippen molar-refractivity contribution < 1.29 is 9.84 Å². The normalized spacial score (nSPS) is 12.0. The highest BCUT2D eigenvalue weighted by Gasteiger charge is 2.19. The van der Waals surface area contributed by atoms with Gasteiger partial charge in [-0.05, 0) is 87.5 Å². The molecule has 0 spiro atoms. The third-order valence-electron chi connectivity index (χ3n) is 6.69. The fraction of sp³-hybridized carbons (Fsp3) is 0.371. The Morgan fingerprint density at radius 3 is 1.51 bits per heavy atom. The number of ether oxygens (including phenoxy) is 1. The minimum atomic E-state index is -0.0328. The molecular formula is C35H44N2O2. The van der Waals surface area contributed by atoms with Crippen LogP contribution in [0.5, 0.6) is 11.5 Å². The van der Waals surface area contributed by atoms with E-state index in [1.54, 1.807) is 0 Å². The van der Waals surface area contributed by atoms with E-state index in [0.717, 1.165) is 41.1 Å². The third kappa shape index (κ3) is 7.77. The molecule has 39 heavy (non-hydrogen) atoms. The van der Waals surface area contributed by atoms with Gasteiger partial charge in [-0.25, -0.2) is 0 Å². The average Bonchev–Trinajstić information content (AvgIpc) is 2.88. The summed E-state index contributed by atoms with van der Waals surface area (Å²) in [6.07, 6.45) is 3.80. The van der Waals surface area contributed by atoms with Crippen molar-refractivity contribution in [3.8, 4) is 34.0 Å². The summed E-state index contributed by atoms with van der Waals surface area (Å²) in [5.74, 6) is 1.59. The molecule has 0 bridgehead atoms. The highest BCUT2D eigenvalue weighted by molar-refractivity contribution is 5.65. The van der Waals surface area contributed by atoms with Crippen LogP contribution >= 0.6 is 0 Å². The Morgan fingerprint density at radius 2 is 1.00 bits per heavy atom. The monoisotopic (exact) mass is 524 g/mol. The number of nitrogens with zero attached hydrogens (tertiary/aromatic N) is 2. The van der Waals surface area contributed by atoms with E-state index >= 15 is 0 Å². The number of hydrogen-bond donors (Lipinski definition) is 1. The van der Waals surface area contributed by atoms with Crippen LogP contribution in [0.2, 0.25) is 0 Å². The van der Waals surface area contributed by atoms with Gasteiger partial charge in [0.1, 0.15) is 11.5 Å². The van der Waals surface area contributed by atoms with E-state index in [9.17, 15) is 0 Å². The molecule has 0 aliphatic carbocycles. The van der Waals surface area contributed by atoms with E-state index in [0.29, 0.717) is 0 Å². The smallest absolute Gasteiger partial charge is 0.128 e. The number of rotatable bonds is 4. The predicted molar refractivity (Wildman–Crippen MR) is 164 cm³/mol. The Bertz CT molecular complexity index is 1400. The predicted octanol–water partition coefficient (Wildman–Crippen LogP) is 9.10. The maximum absolute atomic E-state index is 7.00. The van der Waals surface area contributed by atoms with Crippen molar-refractivity contribution in [3.63, 3.8) is 0 Å². The van der Waals surface area contributed by atoms with Crippen LogP contribution in [0, 0.1) is 0 Å². The molecule has 2 heterocycles. The van der Waals surface area contributed by atoms with E-state index in [1.807, 2.05) is 24.5 Å². The van der Waals surface area contributed by atoms with E-state index in [4.69, 9.17) is 14.8 Å². The number of benzene rings is 2. The summed E-state index contributed by atoms with van der Waals surface area (Å²) in [6.45, 7) is 20.0. The average molecular weight is 525 g/mol. The van der Waals surface area contributed by atoms with E-state index < -0.39 is 0 Å².